The molecule has 4 heterocycles. The summed E-state index contributed by atoms with van der Waals surface area (Å²) in [4.78, 5) is 19.3. The third-order valence-electron chi connectivity index (χ3n) is 4.83. The van der Waals surface area contributed by atoms with Crippen LogP contribution in [0.3, 0.4) is 0 Å². The van der Waals surface area contributed by atoms with Gasteiger partial charge in [0.05, 0.1) is 24.0 Å². The molecular weight excluding hydrogens is 342 g/mol. The molecule has 1 N–H and O–H groups in total. The van der Waals surface area contributed by atoms with Gasteiger partial charge in [-0.25, -0.2) is 0 Å². The van der Waals surface area contributed by atoms with Crippen molar-refractivity contribution in [3.8, 4) is 11.4 Å². The van der Waals surface area contributed by atoms with E-state index >= 15 is 0 Å². The van der Waals surface area contributed by atoms with Crippen LogP contribution in [0, 0.1) is 0 Å². The predicted octanol–water partition coefficient (Wildman–Crippen LogP) is 2.63. The molecule has 0 aliphatic carbocycles. The Kier molecular flexibility index (Phi) is 5.02. The molecule has 1 atom stereocenters. The van der Waals surface area contributed by atoms with E-state index in [2.05, 4.69) is 15.2 Å². The second-order valence-corrected chi connectivity index (χ2v) is 6.81. The number of rotatable bonds is 6. The van der Waals surface area contributed by atoms with Crippen LogP contribution in [0.1, 0.15) is 29.0 Å². The molecule has 1 aliphatic rings. The van der Waals surface area contributed by atoms with Crippen molar-refractivity contribution in [2.75, 3.05) is 13.2 Å². The van der Waals surface area contributed by atoms with Gasteiger partial charge in [0, 0.05) is 32.6 Å². The Bertz CT molecular complexity index is 896. The normalized spacial score (nSPS) is 16.6. The number of carbonyl (C=O) groups excluding carboxylic acids is 1. The minimum Gasteiger partial charge on any atom is -0.376 e. The quantitative estimate of drug-likeness (QED) is 0.729. The lowest BCUT2D eigenvalue weighted by atomic mass is 10.2. The average molecular weight is 365 g/mol. The lowest BCUT2D eigenvalue weighted by Crippen LogP contribution is -2.37. The summed E-state index contributed by atoms with van der Waals surface area (Å²) in [6.07, 6.45) is 5.79. The van der Waals surface area contributed by atoms with Gasteiger partial charge in [-0.2, -0.15) is 5.10 Å². The second-order valence-electron chi connectivity index (χ2n) is 6.81. The maximum atomic E-state index is 13.2. The number of pyridine rings is 1. The standard InChI is InChI=1S/C20H23N5O2/c1-24-10-4-8-19(24)17-12-18(23-22-17)20(26)25(14-16-7-5-11-27-16)13-15-6-2-3-9-21-15/h2-4,6,8-10,12,16H,5,7,11,13-14H2,1H3,(H,22,23). The number of H-pyrrole nitrogens is 1. The Balaban J connectivity index is 1.56. The largest absolute Gasteiger partial charge is 0.376 e. The van der Waals surface area contributed by atoms with Crippen molar-refractivity contribution in [1.29, 1.82) is 0 Å². The van der Waals surface area contributed by atoms with Crippen LogP contribution in [0.15, 0.2) is 48.8 Å². The summed E-state index contributed by atoms with van der Waals surface area (Å²) in [6, 6.07) is 11.5. The molecular formula is C20H23N5O2. The van der Waals surface area contributed by atoms with Gasteiger partial charge in [-0.15, -0.1) is 0 Å². The van der Waals surface area contributed by atoms with Gasteiger partial charge in [-0.05, 0) is 43.2 Å². The van der Waals surface area contributed by atoms with Crippen LogP contribution in [0.5, 0.6) is 0 Å². The molecule has 1 aliphatic heterocycles. The smallest absolute Gasteiger partial charge is 0.272 e. The Labute approximate surface area is 158 Å². The molecule has 0 aromatic carbocycles. The molecule has 0 radical (unpaired) electrons. The maximum absolute atomic E-state index is 13.2. The molecule has 4 rings (SSSR count). The predicted molar refractivity (Wildman–Crippen MR) is 101 cm³/mol. The van der Waals surface area contributed by atoms with Gasteiger partial charge in [0.25, 0.3) is 5.91 Å². The number of aromatic nitrogens is 4. The minimum atomic E-state index is -0.0934. The summed E-state index contributed by atoms with van der Waals surface area (Å²) >= 11 is 0. The van der Waals surface area contributed by atoms with Gasteiger partial charge in [0.2, 0.25) is 0 Å². The molecule has 3 aromatic rings. The molecule has 1 saturated heterocycles. The van der Waals surface area contributed by atoms with Gasteiger partial charge in [-0.1, -0.05) is 6.07 Å². The highest BCUT2D eigenvalue weighted by Crippen LogP contribution is 2.20. The molecule has 7 heteroatoms. The number of aromatic amines is 1. The van der Waals surface area contributed by atoms with E-state index in [-0.39, 0.29) is 12.0 Å². The van der Waals surface area contributed by atoms with Gasteiger partial charge < -0.3 is 14.2 Å². The van der Waals surface area contributed by atoms with Crippen molar-refractivity contribution >= 4 is 5.91 Å². The van der Waals surface area contributed by atoms with Crippen molar-refractivity contribution in [3.63, 3.8) is 0 Å². The van der Waals surface area contributed by atoms with E-state index in [9.17, 15) is 4.79 Å². The van der Waals surface area contributed by atoms with Crippen molar-refractivity contribution in [1.82, 2.24) is 24.6 Å². The topological polar surface area (TPSA) is 76.0 Å². The van der Waals surface area contributed by atoms with Crippen molar-refractivity contribution < 1.29 is 9.53 Å². The first-order chi connectivity index (χ1) is 13.2. The van der Waals surface area contributed by atoms with Gasteiger partial charge in [0.15, 0.2) is 0 Å². The van der Waals surface area contributed by atoms with Crippen molar-refractivity contribution in [2.24, 2.45) is 7.05 Å². The monoisotopic (exact) mass is 365 g/mol. The summed E-state index contributed by atoms with van der Waals surface area (Å²) in [7, 11) is 1.95. The number of carbonyl (C=O) groups is 1. The molecule has 1 amide bonds. The molecule has 0 spiro atoms. The first-order valence-electron chi connectivity index (χ1n) is 9.18. The SMILES string of the molecule is Cn1cccc1-c1cc(C(=O)N(Cc2ccccn2)CC2CCCO2)[nH]n1. The van der Waals surface area contributed by atoms with Crippen LogP contribution < -0.4 is 0 Å². The molecule has 1 fully saturated rings. The zero-order valence-electron chi connectivity index (χ0n) is 15.3. The Morgan fingerprint density at radius 3 is 3.00 bits per heavy atom. The molecule has 0 saturated carbocycles. The molecule has 3 aromatic heterocycles. The number of nitrogens with zero attached hydrogens (tertiary/aromatic N) is 4. The minimum absolute atomic E-state index is 0.0768. The van der Waals surface area contributed by atoms with E-state index in [1.807, 2.05) is 48.1 Å². The van der Waals surface area contributed by atoms with Crippen LogP contribution in [-0.4, -0.2) is 49.8 Å². The maximum Gasteiger partial charge on any atom is 0.272 e. The van der Waals surface area contributed by atoms with E-state index in [0.717, 1.165) is 36.5 Å². The number of nitrogens with one attached hydrogen (secondary N) is 1. The van der Waals surface area contributed by atoms with Gasteiger partial charge >= 0.3 is 0 Å². The van der Waals surface area contributed by atoms with Crippen LogP contribution in [-0.2, 0) is 18.3 Å². The van der Waals surface area contributed by atoms with Gasteiger partial charge in [-0.3, -0.25) is 14.9 Å². The Morgan fingerprint density at radius 1 is 1.37 bits per heavy atom. The number of hydrogen-bond acceptors (Lipinski definition) is 4. The Hall–Kier alpha value is -2.93. The molecule has 27 heavy (non-hydrogen) atoms. The van der Waals surface area contributed by atoms with E-state index in [1.165, 1.54) is 0 Å². The van der Waals surface area contributed by atoms with Crippen LogP contribution >= 0.6 is 0 Å². The van der Waals surface area contributed by atoms with Crippen LogP contribution in [0.25, 0.3) is 11.4 Å². The summed E-state index contributed by atoms with van der Waals surface area (Å²) < 4.78 is 7.72. The fraction of sp³-hybridized carbons (Fsp3) is 0.350. The van der Waals surface area contributed by atoms with Crippen molar-refractivity contribution in [2.45, 2.75) is 25.5 Å². The van der Waals surface area contributed by atoms with E-state index in [0.29, 0.717) is 18.8 Å². The van der Waals surface area contributed by atoms with E-state index < -0.39 is 0 Å². The lowest BCUT2D eigenvalue weighted by Gasteiger charge is -2.24. The fourth-order valence-electron chi connectivity index (χ4n) is 3.40. The summed E-state index contributed by atoms with van der Waals surface area (Å²) in [5.41, 5.74) is 3.03. The summed E-state index contributed by atoms with van der Waals surface area (Å²) in [6.45, 7) is 1.75. The first-order valence-corrected chi connectivity index (χ1v) is 9.18. The van der Waals surface area contributed by atoms with E-state index in [1.54, 1.807) is 17.2 Å². The summed E-state index contributed by atoms with van der Waals surface area (Å²) in [5.74, 6) is -0.0934. The highest BCUT2D eigenvalue weighted by molar-refractivity contribution is 5.93. The van der Waals surface area contributed by atoms with E-state index in [4.69, 9.17) is 4.74 Å². The van der Waals surface area contributed by atoms with Crippen LogP contribution in [0.4, 0.5) is 0 Å². The number of aryl methyl sites for hydroxylation is 1. The first kappa shape index (κ1) is 17.5. The third-order valence-corrected chi connectivity index (χ3v) is 4.83. The second kappa shape index (κ2) is 7.75. The third kappa shape index (κ3) is 3.93. The van der Waals surface area contributed by atoms with Gasteiger partial charge in [0.1, 0.15) is 11.4 Å². The molecule has 7 nitrogen and oxygen atoms in total. The van der Waals surface area contributed by atoms with Crippen molar-refractivity contribution in [3.05, 3.63) is 60.2 Å². The zero-order valence-corrected chi connectivity index (χ0v) is 15.3. The highest BCUT2D eigenvalue weighted by atomic mass is 16.5. The fourth-order valence-corrected chi connectivity index (χ4v) is 3.40. The number of ether oxygens (including phenoxy) is 1. The molecule has 0 bridgehead atoms. The summed E-state index contributed by atoms with van der Waals surface area (Å²) in [5, 5.41) is 7.22. The molecule has 140 valence electrons. The average Bonchev–Trinajstić information content (AvgIpc) is 3.43. The Morgan fingerprint density at radius 2 is 2.30 bits per heavy atom. The molecule has 1 unspecified atom stereocenters. The lowest BCUT2D eigenvalue weighted by molar-refractivity contribution is 0.0500. The zero-order chi connectivity index (χ0) is 18.6. The van der Waals surface area contributed by atoms with Crippen LogP contribution in [0.2, 0.25) is 0 Å². The number of hydrogen-bond donors (Lipinski definition) is 1. The number of amides is 1. The highest BCUT2D eigenvalue weighted by Gasteiger charge is 2.25.